The van der Waals surface area contributed by atoms with Crippen molar-refractivity contribution in [1.29, 1.82) is 0 Å². The Bertz CT molecular complexity index is 526. The molecule has 0 aromatic heterocycles. The Morgan fingerprint density at radius 1 is 1.37 bits per heavy atom. The second-order valence-electron chi connectivity index (χ2n) is 4.41. The monoisotopic (exact) mass is 348 g/mol. The number of halogens is 1. The van der Waals surface area contributed by atoms with E-state index in [1.54, 1.807) is 31.2 Å². The second kappa shape index (κ2) is 7.02. The van der Waals surface area contributed by atoms with Crippen LogP contribution in [0.15, 0.2) is 28.7 Å². The molecule has 1 aromatic rings. The van der Waals surface area contributed by atoms with E-state index in [4.69, 9.17) is 5.73 Å². The minimum Gasteiger partial charge on any atom is -0.328 e. The average Bonchev–Trinajstić information content (AvgIpc) is 2.29. The maximum Gasteiger partial charge on any atom is 0.239 e. The van der Waals surface area contributed by atoms with Gasteiger partial charge >= 0.3 is 0 Å². The van der Waals surface area contributed by atoms with Gasteiger partial charge in [-0.1, -0.05) is 15.9 Å². The first-order chi connectivity index (χ1) is 8.78. The number of rotatable bonds is 6. The Hall–Kier alpha value is -0.920. The molecule has 1 amide bonds. The maximum absolute atomic E-state index is 11.7. The minimum absolute atomic E-state index is 0.0710. The summed E-state index contributed by atoms with van der Waals surface area (Å²) in [5, 5.41) is 2.54. The smallest absolute Gasteiger partial charge is 0.239 e. The minimum atomic E-state index is -3.41. The van der Waals surface area contributed by atoms with E-state index in [0.29, 0.717) is 12.1 Å². The van der Waals surface area contributed by atoms with Crippen molar-refractivity contribution in [2.75, 3.05) is 16.8 Å². The van der Waals surface area contributed by atoms with Crippen LogP contribution < -0.4 is 11.1 Å². The van der Waals surface area contributed by atoms with Gasteiger partial charge in [-0.15, -0.1) is 0 Å². The van der Waals surface area contributed by atoms with Gasteiger partial charge in [0.05, 0.1) is 5.75 Å². The summed E-state index contributed by atoms with van der Waals surface area (Å²) in [5.74, 6) is -1.12. The maximum atomic E-state index is 11.7. The van der Waals surface area contributed by atoms with Gasteiger partial charge < -0.3 is 11.1 Å². The lowest BCUT2D eigenvalue weighted by Crippen LogP contribution is -2.27. The highest BCUT2D eigenvalue weighted by atomic mass is 79.9. The van der Waals surface area contributed by atoms with E-state index in [-0.39, 0.29) is 11.8 Å². The molecule has 7 heteroatoms. The summed E-state index contributed by atoms with van der Waals surface area (Å²) in [7, 11) is -3.41. The molecule has 0 fully saturated rings. The molecule has 0 saturated carbocycles. The number of nitrogens with two attached hydrogens (primary N) is 1. The molecule has 0 radical (unpaired) electrons. The average molecular weight is 349 g/mol. The van der Waals surface area contributed by atoms with Crippen molar-refractivity contribution in [3.8, 4) is 0 Å². The summed E-state index contributed by atoms with van der Waals surface area (Å²) in [6, 6.07) is 6.72. The van der Waals surface area contributed by atoms with E-state index in [2.05, 4.69) is 21.2 Å². The van der Waals surface area contributed by atoms with E-state index in [0.717, 1.165) is 4.47 Å². The molecule has 1 atom stereocenters. The van der Waals surface area contributed by atoms with Gasteiger partial charge in [-0.25, -0.2) is 8.42 Å². The van der Waals surface area contributed by atoms with Gasteiger partial charge in [0.25, 0.3) is 0 Å². The Kier molecular flexibility index (Phi) is 5.96. The van der Waals surface area contributed by atoms with Crippen molar-refractivity contribution < 1.29 is 13.2 Å². The van der Waals surface area contributed by atoms with Crippen LogP contribution in [0.1, 0.15) is 13.3 Å². The molecule has 0 spiro atoms. The van der Waals surface area contributed by atoms with Gasteiger partial charge in [-0.2, -0.15) is 0 Å². The highest BCUT2D eigenvalue weighted by Gasteiger charge is 2.17. The van der Waals surface area contributed by atoms with Gasteiger partial charge in [0.1, 0.15) is 5.75 Å². The molecule has 0 bridgehead atoms. The first-order valence-corrected chi connectivity index (χ1v) is 8.41. The number of hydrogen-bond acceptors (Lipinski definition) is 4. The van der Waals surface area contributed by atoms with Crippen LogP contribution in [0.2, 0.25) is 0 Å². The highest BCUT2D eigenvalue weighted by Crippen LogP contribution is 2.14. The number of anilines is 1. The Morgan fingerprint density at radius 2 is 1.95 bits per heavy atom. The fourth-order valence-corrected chi connectivity index (χ4v) is 2.98. The molecule has 0 aliphatic heterocycles. The predicted octanol–water partition coefficient (Wildman–Crippen LogP) is 1.54. The molecule has 1 unspecified atom stereocenters. The van der Waals surface area contributed by atoms with E-state index < -0.39 is 21.5 Å². The van der Waals surface area contributed by atoms with Gasteiger partial charge in [-0.05, 0) is 37.6 Å². The molecule has 0 aliphatic rings. The Labute approximate surface area is 121 Å². The summed E-state index contributed by atoms with van der Waals surface area (Å²) in [6.07, 6.45) is 0.355. The van der Waals surface area contributed by atoms with Crippen molar-refractivity contribution in [3.63, 3.8) is 0 Å². The zero-order valence-electron chi connectivity index (χ0n) is 10.6. The van der Waals surface area contributed by atoms with Crippen LogP contribution in [-0.4, -0.2) is 31.9 Å². The molecule has 1 rings (SSSR count). The fourth-order valence-electron chi connectivity index (χ4n) is 1.37. The van der Waals surface area contributed by atoms with Crippen LogP contribution in [0.4, 0.5) is 5.69 Å². The topological polar surface area (TPSA) is 89.3 Å². The zero-order valence-corrected chi connectivity index (χ0v) is 13.0. The van der Waals surface area contributed by atoms with Crippen molar-refractivity contribution >= 4 is 37.4 Å². The van der Waals surface area contributed by atoms with Gasteiger partial charge in [0.2, 0.25) is 5.91 Å². The summed E-state index contributed by atoms with van der Waals surface area (Å²) >= 11 is 3.27. The van der Waals surface area contributed by atoms with Crippen LogP contribution in [0.3, 0.4) is 0 Å². The molecule has 1 aromatic carbocycles. The van der Waals surface area contributed by atoms with Crippen LogP contribution in [-0.2, 0) is 14.6 Å². The third-order valence-electron chi connectivity index (χ3n) is 2.36. The van der Waals surface area contributed by atoms with Crippen LogP contribution >= 0.6 is 15.9 Å². The van der Waals surface area contributed by atoms with Gasteiger partial charge in [0, 0.05) is 16.2 Å². The first kappa shape index (κ1) is 16.1. The number of amides is 1. The quantitative estimate of drug-likeness (QED) is 0.815. The standard InChI is InChI=1S/C12H17BrN2O3S/c1-9(14)6-7-19(17,18)8-12(16)15-11-4-2-10(13)3-5-11/h2-5,9H,6-8,14H2,1H3,(H,15,16). The molecule has 106 valence electrons. The molecule has 19 heavy (non-hydrogen) atoms. The number of carbonyl (C=O) groups excluding carboxylic acids is 1. The number of nitrogens with one attached hydrogen (secondary N) is 1. The number of carbonyl (C=O) groups is 1. The largest absolute Gasteiger partial charge is 0.328 e. The van der Waals surface area contributed by atoms with Crippen molar-refractivity contribution in [2.45, 2.75) is 19.4 Å². The third kappa shape index (κ3) is 6.70. The summed E-state index contributed by atoms with van der Waals surface area (Å²) < 4.78 is 24.2. The molecule has 0 aliphatic carbocycles. The summed E-state index contributed by atoms with van der Waals surface area (Å²) in [5.41, 5.74) is 6.06. The number of sulfone groups is 1. The lowest BCUT2D eigenvalue weighted by atomic mass is 10.3. The van der Waals surface area contributed by atoms with Crippen LogP contribution in [0, 0.1) is 0 Å². The summed E-state index contributed by atoms with van der Waals surface area (Å²) in [4.78, 5) is 11.6. The lowest BCUT2D eigenvalue weighted by Gasteiger charge is -2.08. The van der Waals surface area contributed by atoms with E-state index >= 15 is 0 Å². The molecule has 5 nitrogen and oxygen atoms in total. The Balaban J connectivity index is 2.53. The lowest BCUT2D eigenvalue weighted by molar-refractivity contribution is -0.113. The molecular formula is C12H17BrN2O3S. The SMILES string of the molecule is CC(N)CCS(=O)(=O)CC(=O)Nc1ccc(Br)cc1. The highest BCUT2D eigenvalue weighted by molar-refractivity contribution is 9.10. The normalized spacial score (nSPS) is 13.0. The van der Waals surface area contributed by atoms with E-state index in [1.807, 2.05) is 0 Å². The molecular weight excluding hydrogens is 332 g/mol. The zero-order chi connectivity index (χ0) is 14.5. The van der Waals surface area contributed by atoms with Gasteiger partial charge in [-0.3, -0.25) is 4.79 Å². The van der Waals surface area contributed by atoms with Crippen molar-refractivity contribution in [2.24, 2.45) is 5.73 Å². The number of hydrogen-bond donors (Lipinski definition) is 2. The fraction of sp³-hybridized carbons (Fsp3) is 0.417. The van der Waals surface area contributed by atoms with Crippen molar-refractivity contribution in [1.82, 2.24) is 0 Å². The third-order valence-corrected chi connectivity index (χ3v) is 4.45. The molecule has 0 saturated heterocycles. The van der Waals surface area contributed by atoms with Gasteiger partial charge in [0.15, 0.2) is 9.84 Å². The van der Waals surface area contributed by atoms with Crippen LogP contribution in [0.5, 0.6) is 0 Å². The van der Waals surface area contributed by atoms with Crippen molar-refractivity contribution in [3.05, 3.63) is 28.7 Å². The first-order valence-electron chi connectivity index (χ1n) is 5.80. The summed E-state index contributed by atoms with van der Waals surface area (Å²) in [6.45, 7) is 1.73. The molecule has 3 N–H and O–H groups in total. The van der Waals surface area contributed by atoms with Crippen LogP contribution in [0.25, 0.3) is 0 Å². The Morgan fingerprint density at radius 3 is 2.47 bits per heavy atom. The predicted molar refractivity (Wildman–Crippen MR) is 79.7 cm³/mol. The van der Waals surface area contributed by atoms with E-state index in [9.17, 15) is 13.2 Å². The molecule has 0 heterocycles. The van der Waals surface area contributed by atoms with E-state index in [1.165, 1.54) is 0 Å². The second-order valence-corrected chi connectivity index (χ2v) is 7.51. The number of benzene rings is 1.